The number of rotatable bonds is 4. The van der Waals surface area contributed by atoms with Gasteiger partial charge in [0, 0.05) is 19.3 Å². The van der Waals surface area contributed by atoms with E-state index >= 15 is 0 Å². The lowest BCUT2D eigenvalue weighted by atomic mass is 10.2. The zero-order valence-electron chi connectivity index (χ0n) is 12.6. The first-order valence-corrected chi connectivity index (χ1v) is 6.90. The Morgan fingerprint density at radius 2 is 2.12 bits per heavy atom. The molecule has 2 aromatic rings. The number of primary amides is 1. The Labute approximate surface area is 134 Å². The number of aryl methyl sites for hydroxylation is 1. The van der Waals surface area contributed by atoms with Crippen molar-refractivity contribution in [1.82, 2.24) is 25.3 Å². The summed E-state index contributed by atoms with van der Waals surface area (Å²) in [6.45, 7) is 0. The number of amides is 2. The van der Waals surface area contributed by atoms with Gasteiger partial charge in [-0.15, -0.1) is 0 Å². The van der Waals surface area contributed by atoms with Crippen LogP contribution in [0.4, 0.5) is 13.2 Å². The van der Waals surface area contributed by atoms with Gasteiger partial charge in [-0.05, 0) is 12.8 Å². The molecule has 3 rings (SSSR count). The molecule has 1 saturated carbocycles. The van der Waals surface area contributed by atoms with Crippen LogP contribution in [-0.4, -0.2) is 37.8 Å². The summed E-state index contributed by atoms with van der Waals surface area (Å²) in [6.07, 6.45) is 1.64. The number of aromatic amines is 1. The Balaban J connectivity index is 0.000000198. The number of H-pyrrole nitrogens is 1. The zero-order chi connectivity index (χ0) is 17.9. The van der Waals surface area contributed by atoms with E-state index in [1.165, 1.54) is 10.9 Å². The number of nitrogens with zero attached hydrogens (tertiary/aromatic N) is 3. The van der Waals surface area contributed by atoms with Crippen molar-refractivity contribution in [2.75, 3.05) is 0 Å². The number of halogens is 3. The van der Waals surface area contributed by atoms with Gasteiger partial charge in [0.2, 0.25) is 5.95 Å². The van der Waals surface area contributed by atoms with Gasteiger partial charge < -0.3 is 11.1 Å². The highest BCUT2D eigenvalue weighted by Gasteiger charge is 2.30. The van der Waals surface area contributed by atoms with Crippen LogP contribution in [0.2, 0.25) is 0 Å². The molecule has 8 nitrogen and oxygen atoms in total. The van der Waals surface area contributed by atoms with Gasteiger partial charge >= 0.3 is 0 Å². The summed E-state index contributed by atoms with van der Waals surface area (Å²) in [5.74, 6) is -2.40. The molecule has 130 valence electrons. The standard InChI is InChI=1S/C8H8F3N3O.C5H7N3O/c9-6(10)5-4(7(11)14-13-5)8(15)12-3-1-2-3;1-8-3-4(2-7-8)5(6)9/h3,6H,1-2H2,(H,12,15)(H,13,14);2-3H,1H3,(H2,6,9). The van der Waals surface area contributed by atoms with Crippen LogP contribution >= 0.6 is 0 Å². The van der Waals surface area contributed by atoms with Gasteiger partial charge in [0.25, 0.3) is 18.2 Å². The number of hydrogen-bond acceptors (Lipinski definition) is 4. The lowest BCUT2D eigenvalue weighted by Gasteiger charge is -2.02. The van der Waals surface area contributed by atoms with Gasteiger partial charge in [-0.25, -0.2) is 8.78 Å². The summed E-state index contributed by atoms with van der Waals surface area (Å²) in [6, 6.07) is -0.0164. The van der Waals surface area contributed by atoms with Crippen LogP contribution in [0.25, 0.3) is 0 Å². The fourth-order valence-electron chi connectivity index (χ4n) is 1.74. The number of hydrogen-bond donors (Lipinski definition) is 3. The Morgan fingerprint density at radius 3 is 2.54 bits per heavy atom. The molecule has 2 aromatic heterocycles. The van der Waals surface area contributed by atoms with Crippen molar-refractivity contribution in [2.45, 2.75) is 25.3 Å². The number of nitrogens with one attached hydrogen (secondary N) is 2. The number of nitrogens with two attached hydrogens (primary N) is 1. The first-order valence-electron chi connectivity index (χ1n) is 6.90. The average molecular weight is 344 g/mol. The number of carbonyl (C=O) groups excluding carboxylic acids is 2. The minimum absolute atomic E-state index is 0.0164. The molecule has 0 unspecified atom stereocenters. The normalized spacial score (nSPS) is 13.4. The summed E-state index contributed by atoms with van der Waals surface area (Å²) in [5, 5.41) is 11.0. The van der Waals surface area contributed by atoms with E-state index in [0.29, 0.717) is 5.56 Å². The fourth-order valence-corrected chi connectivity index (χ4v) is 1.74. The summed E-state index contributed by atoms with van der Waals surface area (Å²) in [5.41, 5.74) is 3.85. The molecule has 0 aromatic carbocycles. The molecular weight excluding hydrogens is 329 g/mol. The second-order valence-electron chi connectivity index (χ2n) is 5.11. The van der Waals surface area contributed by atoms with Crippen molar-refractivity contribution in [2.24, 2.45) is 12.8 Å². The molecule has 0 atom stereocenters. The zero-order valence-corrected chi connectivity index (χ0v) is 12.6. The van der Waals surface area contributed by atoms with Gasteiger partial charge in [0.05, 0.1) is 11.8 Å². The second kappa shape index (κ2) is 7.15. The molecule has 1 aliphatic rings. The smallest absolute Gasteiger partial charge is 0.283 e. The van der Waals surface area contributed by atoms with Crippen LogP contribution in [0.15, 0.2) is 12.4 Å². The Kier molecular flexibility index (Phi) is 5.21. The van der Waals surface area contributed by atoms with Gasteiger partial charge in [-0.2, -0.15) is 14.6 Å². The van der Waals surface area contributed by atoms with Crippen molar-refractivity contribution >= 4 is 11.8 Å². The van der Waals surface area contributed by atoms with Gasteiger partial charge in [-0.1, -0.05) is 0 Å². The molecule has 0 bridgehead atoms. The van der Waals surface area contributed by atoms with E-state index in [1.807, 2.05) is 0 Å². The Morgan fingerprint density at radius 1 is 1.46 bits per heavy atom. The van der Waals surface area contributed by atoms with Crippen molar-refractivity contribution in [1.29, 1.82) is 0 Å². The quantitative estimate of drug-likeness (QED) is 0.763. The van der Waals surface area contributed by atoms with Crippen molar-refractivity contribution in [3.63, 3.8) is 0 Å². The summed E-state index contributed by atoms with van der Waals surface area (Å²) in [7, 11) is 1.73. The van der Waals surface area contributed by atoms with Crippen LogP contribution in [0.1, 0.15) is 45.7 Å². The van der Waals surface area contributed by atoms with Gasteiger partial charge in [0.1, 0.15) is 11.3 Å². The molecule has 11 heteroatoms. The lowest BCUT2D eigenvalue weighted by molar-refractivity contribution is 0.0931. The molecule has 24 heavy (non-hydrogen) atoms. The fraction of sp³-hybridized carbons (Fsp3) is 0.385. The average Bonchev–Trinajstić information content (AvgIpc) is 3.05. The van der Waals surface area contributed by atoms with Gasteiger partial charge in [-0.3, -0.25) is 19.4 Å². The number of carbonyl (C=O) groups is 2. The van der Waals surface area contributed by atoms with E-state index in [1.54, 1.807) is 18.3 Å². The number of alkyl halides is 2. The maximum Gasteiger partial charge on any atom is 0.283 e. The van der Waals surface area contributed by atoms with E-state index in [0.717, 1.165) is 12.8 Å². The summed E-state index contributed by atoms with van der Waals surface area (Å²) >= 11 is 0. The molecule has 0 radical (unpaired) electrons. The SMILES string of the molecule is Cn1cc(C(N)=O)cn1.O=C(NC1CC1)c1c(C(F)F)n[nH]c1F. The molecular formula is C13H15F3N6O2. The van der Waals surface area contributed by atoms with Crippen molar-refractivity contribution in [3.05, 3.63) is 35.2 Å². The van der Waals surface area contributed by atoms with E-state index < -0.39 is 35.4 Å². The first kappa shape index (κ1) is 17.5. The topological polar surface area (TPSA) is 119 Å². The molecule has 0 saturated heterocycles. The predicted molar refractivity (Wildman–Crippen MR) is 75.7 cm³/mol. The largest absolute Gasteiger partial charge is 0.366 e. The Hall–Kier alpha value is -2.85. The minimum Gasteiger partial charge on any atom is -0.366 e. The highest BCUT2D eigenvalue weighted by molar-refractivity contribution is 5.95. The molecule has 4 N–H and O–H groups in total. The molecule has 0 spiro atoms. The molecule has 0 aliphatic heterocycles. The molecule has 2 heterocycles. The van der Waals surface area contributed by atoms with Crippen molar-refractivity contribution in [3.8, 4) is 0 Å². The maximum atomic E-state index is 13.0. The predicted octanol–water partition coefficient (Wildman–Crippen LogP) is 0.898. The molecule has 2 amide bonds. The van der Waals surface area contributed by atoms with Crippen molar-refractivity contribution < 1.29 is 22.8 Å². The van der Waals surface area contributed by atoms with Gasteiger partial charge in [0.15, 0.2) is 0 Å². The second-order valence-corrected chi connectivity index (χ2v) is 5.11. The van der Waals surface area contributed by atoms with E-state index in [2.05, 4.69) is 15.5 Å². The third-order valence-electron chi connectivity index (χ3n) is 3.09. The Bertz CT molecular complexity index is 738. The van der Waals surface area contributed by atoms with E-state index in [4.69, 9.17) is 5.73 Å². The van der Waals surface area contributed by atoms with E-state index in [-0.39, 0.29) is 6.04 Å². The molecule has 1 aliphatic carbocycles. The van der Waals surface area contributed by atoms with Crippen LogP contribution in [-0.2, 0) is 7.05 Å². The van der Waals surface area contributed by atoms with Crippen LogP contribution < -0.4 is 11.1 Å². The lowest BCUT2D eigenvalue weighted by Crippen LogP contribution is -2.26. The van der Waals surface area contributed by atoms with Crippen LogP contribution in [0.3, 0.4) is 0 Å². The number of aromatic nitrogens is 4. The minimum atomic E-state index is -2.97. The highest BCUT2D eigenvalue weighted by Crippen LogP contribution is 2.24. The summed E-state index contributed by atoms with van der Waals surface area (Å²) < 4.78 is 39.2. The molecule has 1 fully saturated rings. The van der Waals surface area contributed by atoms with Crippen LogP contribution in [0, 0.1) is 5.95 Å². The summed E-state index contributed by atoms with van der Waals surface area (Å²) in [4.78, 5) is 21.7. The van der Waals surface area contributed by atoms with Crippen LogP contribution in [0.5, 0.6) is 0 Å². The third kappa shape index (κ3) is 4.33. The first-order chi connectivity index (χ1) is 11.3. The highest BCUT2D eigenvalue weighted by atomic mass is 19.3. The van der Waals surface area contributed by atoms with E-state index in [9.17, 15) is 22.8 Å². The third-order valence-corrected chi connectivity index (χ3v) is 3.09. The monoisotopic (exact) mass is 344 g/mol. The maximum absolute atomic E-state index is 13.0.